The van der Waals surface area contributed by atoms with Crippen LogP contribution in [0.4, 0.5) is 0 Å². The summed E-state index contributed by atoms with van der Waals surface area (Å²) in [5.41, 5.74) is 10.2. The molecule has 6 heteroatoms. The van der Waals surface area contributed by atoms with Crippen molar-refractivity contribution in [3.8, 4) is 11.3 Å². The van der Waals surface area contributed by atoms with Crippen LogP contribution in [0.1, 0.15) is 12.0 Å². The lowest BCUT2D eigenvalue weighted by atomic mass is 10.0. The van der Waals surface area contributed by atoms with Gasteiger partial charge in [0, 0.05) is 18.0 Å². The third-order valence-corrected chi connectivity index (χ3v) is 3.03. The van der Waals surface area contributed by atoms with E-state index >= 15 is 0 Å². The van der Waals surface area contributed by atoms with Gasteiger partial charge in [-0.15, -0.1) is 0 Å². The number of aromatic nitrogens is 5. The summed E-state index contributed by atoms with van der Waals surface area (Å²) in [5, 5.41) is 0. The van der Waals surface area contributed by atoms with Crippen LogP contribution in [0.15, 0.2) is 31.1 Å². The molecule has 0 aliphatic heterocycles. The molecule has 0 aromatic carbocycles. The van der Waals surface area contributed by atoms with Gasteiger partial charge in [-0.25, -0.2) is 15.0 Å². The highest BCUT2D eigenvalue weighted by atomic mass is 15.0. The van der Waals surface area contributed by atoms with Crippen LogP contribution in [-0.4, -0.2) is 31.5 Å². The summed E-state index contributed by atoms with van der Waals surface area (Å²) < 4.78 is 0. The SMILES string of the molecule is NCCCc1cnccc1-c1ncnc2nc[nH]c12. The molecule has 3 aromatic heterocycles. The van der Waals surface area contributed by atoms with Gasteiger partial charge in [0.05, 0.1) is 12.0 Å². The van der Waals surface area contributed by atoms with Gasteiger partial charge in [-0.1, -0.05) is 0 Å². The average Bonchev–Trinajstić information content (AvgIpc) is 2.94. The van der Waals surface area contributed by atoms with E-state index in [-0.39, 0.29) is 0 Å². The van der Waals surface area contributed by atoms with Crippen molar-refractivity contribution in [2.75, 3.05) is 6.54 Å². The van der Waals surface area contributed by atoms with Crippen LogP contribution < -0.4 is 5.73 Å². The first kappa shape index (κ1) is 11.7. The molecule has 3 heterocycles. The molecule has 19 heavy (non-hydrogen) atoms. The normalized spacial score (nSPS) is 11.0. The van der Waals surface area contributed by atoms with Crippen LogP contribution in [0.3, 0.4) is 0 Å². The Morgan fingerprint density at radius 3 is 3.05 bits per heavy atom. The van der Waals surface area contributed by atoms with Gasteiger partial charge in [-0.2, -0.15) is 0 Å². The number of imidazole rings is 1. The standard InChI is InChI=1S/C13H14N6/c14-4-1-2-9-6-15-5-3-10(9)11-12-13(18-7-16-11)19-8-17-12/h3,5-8H,1-2,4,14H2,(H,16,17,18,19). The number of rotatable bonds is 4. The van der Waals surface area contributed by atoms with Crippen molar-refractivity contribution in [1.29, 1.82) is 0 Å². The molecular weight excluding hydrogens is 240 g/mol. The van der Waals surface area contributed by atoms with Crippen molar-refractivity contribution in [3.05, 3.63) is 36.7 Å². The predicted octanol–water partition coefficient (Wildman–Crippen LogP) is 1.31. The second-order valence-corrected chi connectivity index (χ2v) is 4.25. The van der Waals surface area contributed by atoms with E-state index in [2.05, 4.69) is 24.9 Å². The second kappa shape index (κ2) is 5.11. The van der Waals surface area contributed by atoms with E-state index in [1.54, 1.807) is 12.5 Å². The summed E-state index contributed by atoms with van der Waals surface area (Å²) in [6.45, 7) is 0.664. The Balaban J connectivity index is 2.13. The smallest absolute Gasteiger partial charge is 0.181 e. The molecule has 3 aromatic rings. The maximum atomic E-state index is 5.58. The Morgan fingerprint density at radius 2 is 2.16 bits per heavy atom. The van der Waals surface area contributed by atoms with Crippen LogP contribution in [0.5, 0.6) is 0 Å². The Hall–Kier alpha value is -2.34. The van der Waals surface area contributed by atoms with E-state index in [0.29, 0.717) is 12.2 Å². The molecule has 0 aliphatic carbocycles. The van der Waals surface area contributed by atoms with Crippen molar-refractivity contribution < 1.29 is 0 Å². The molecule has 96 valence electrons. The number of fused-ring (bicyclic) bond motifs is 1. The Morgan fingerprint density at radius 1 is 1.21 bits per heavy atom. The lowest BCUT2D eigenvalue weighted by Crippen LogP contribution is -2.02. The molecule has 0 atom stereocenters. The molecule has 0 unspecified atom stereocenters. The molecule has 0 aliphatic rings. The van der Waals surface area contributed by atoms with Crippen molar-refractivity contribution >= 4 is 11.2 Å². The number of aryl methyl sites for hydroxylation is 1. The topological polar surface area (TPSA) is 93.4 Å². The quantitative estimate of drug-likeness (QED) is 0.732. The van der Waals surface area contributed by atoms with Crippen molar-refractivity contribution in [2.24, 2.45) is 5.73 Å². The molecule has 0 saturated carbocycles. The number of aromatic amines is 1. The molecule has 3 N–H and O–H groups in total. The zero-order valence-electron chi connectivity index (χ0n) is 10.4. The van der Waals surface area contributed by atoms with Gasteiger partial charge in [-0.3, -0.25) is 4.98 Å². The number of nitrogens with zero attached hydrogens (tertiary/aromatic N) is 4. The summed E-state index contributed by atoms with van der Waals surface area (Å²) in [6, 6.07) is 1.97. The minimum absolute atomic E-state index is 0.664. The highest BCUT2D eigenvalue weighted by molar-refractivity contribution is 5.87. The number of H-pyrrole nitrogens is 1. The molecule has 0 fully saturated rings. The third kappa shape index (κ3) is 2.17. The van der Waals surface area contributed by atoms with E-state index in [1.165, 1.54) is 6.33 Å². The fraction of sp³-hybridized carbons (Fsp3) is 0.231. The van der Waals surface area contributed by atoms with Gasteiger partial charge >= 0.3 is 0 Å². The van der Waals surface area contributed by atoms with Gasteiger partial charge in [0.25, 0.3) is 0 Å². The van der Waals surface area contributed by atoms with Crippen LogP contribution in [0.2, 0.25) is 0 Å². The third-order valence-electron chi connectivity index (χ3n) is 3.03. The molecule has 0 saturated heterocycles. The van der Waals surface area contributed by atoms with Crippen LogP contribution in [0.25, 0.3) is 22.4 Å². The molecular formula is C13H14N6. The molecule has 0 spiro atoms. The summed E-state index contributed by atoms with van der Waals surface area (Å²) in [4.78, 5) is 19.9. The molecule has 0 bridgehead atoms. The zero-order chi connectivity index (χ0) is 13.1. The van der Waals surface area contributed by atoms with Gasteiger partial charge in [0.2, 0.25) is 0 Å². The van der Waals surface area contributed by atoms with Gasteiger partial charge in [-0.05, 0) is 31.0 Å². The Labute approximate surface area is 110 Å². The van der Waals surface area contributed by atoms with Crippen LogP contribution >= 0.6 is 0 Å². The van der Waals surface area contributed by atoms with E-state index in [1.807, 2.05) is 12.3 Å². The number of pyridine rings is 1. The van der Waals surface area contributed by atoms with Crippen LogP contribution in [-0.2, 0) is 6.42 Å². The minimum atomic E-state index is 0.664. The Bertz CT molecular complexity index is 690. The summed E-state index contributed by atoms with van der Waals surface area (Å²) >= 11 is 0. The van der Waals surface area contributed by atoms with Crippen molar-refractivity contribution in [3.63, 3.8) is 0 Å². The van der Waals surface area contributed by atoms with Gasteiger partial charge in [0.1, 0.15) is 11.8 Å². The first-order chi connectivity index (χ1) is 9.40. The highest BCUT2D eigenvalue weighted by Gasteiger charge is 2.11. The molecule has 6 nitrogen and oxygen atoms in total. The fourth-order valence-electron chi connectivity index (χ4n) is 2.12. The van der Waals surface area contributed by atoms with Crippen molar-refractivity contribution in [2.45, 2.75) is 12.8 Å². The van der Waals surface area contributed by atoms with Crippen LogP contribution in [0, 0.1) is 0 Å². The molecule has 0 amide bonds. The first-order valence-electron chi connectivity index (χ1n) is 6.17. The average molecular weight is 254 g/mol. The summed E-state index contributed by atoms with van der Waals surface area (Å²) in [7, 11) is 0. The van der Waals surface area contributed by atoms with E-state index in [0.717, 1.165) is 35.2 Å². The second-order valence-electron chi connectivity index (χ2n) is 4.25. The maximum Gasteiger partial charge on any atom is 0.181 e. The molecule has 0 radical (unpaired) electrons. The summed E-state index contributed by atoms with van der Waals surface area (Å²) in [5.74, 6) is 0. The number of hydrogen-bond donors (Lipinski definition) is 2. The van der Waals surface area contributed by atoms with Gasteiger partial charge < -0.3 is 10.7 Å². The van der Waals surface area contributed by atoms with E-state index < -0.39 is 0 Å². The number of hydrogen-bond acceptors (Lipinski definition) is 5. The lowest BCUT2D eigenvalue weighted by Gasteiger charge is -2.08. The van der Waals surface area contributed by atoms with E-state index in [4.69, 9.17) is 5.73 Å². The number of nitrogens with two attached hydrogens (primary N) is 1. The minimum Gasteiger partial charge on any atom is -0.341 e. The lowest BCUT2D eigenvalue weighted by molar-refractivity contribution is 0.829. The number of nitrogens with one attached hydrogen (secondary N) is 1. The largest absolute Gasteiger partial charge is 0.341 e. The first-order valence-corrected chi connectivity index (χ1v) is 6.17. The van der Waals surface area contributed by atoms with Crippen molar-refractivity contribution in [1.82, 2.24) is 24.9 Å². The highest BCUT2D eigenvalue weighted by Crippen LogP contribution is 2.26. The predicted molar refractivity (Wildman–Crippen MR) is 72.3 cm³/mol. The van der Waals surface area contributed by atoms with Gasteiger partial charge in [0.15, 0.2) is 5.65 Å². The van der Waals surface area contributed by atoms with E-state index in [9.17, 15) is 0 Å². The maximum absolute atomic E-state index is 5.58. The zero-order valence-corrected chi connectivity index (χ0v) is 10.4. The summed E-state index contributed by atoms with van der Waals surface area (Å²) in [6.07, 6.45) is 8.62. The fourth-order valence-corrected chi connectivity index (χ4v) is 2.12. The molecule has 3 rings (SSSR count). The monoisotopic (exact) mass is 254 g/mol. The Kier molecular flexibility index (Phi) is 3.16.